The molecular formula is C21H17F5N4O3S2. The zero-order valence-corrected chi connectivity index (χ0v) is 19.3. The number of anilines is 1. The summed E-state index contributed by atoms with van der Waals surface area (Å²) in [7, 11) is -4.66. The first kappa shape index (κ1) is 25.1. The van der Waals surface area contributed by atoms with Crippen LogP contribution in [0.5, 0.6) is 0 Å². The summed E-state index contributed by atoms with van der Waals surface area (Å²) in [5.74, 6) is -2.55. The molecule has 0 aliphatic heterocycles. The molecule has 35 heavy (non-hydrogen) atoms. The summed E-state index contributed by atoms with van der Waals surface area (Å²) >= 11 is 1.01. The summed E-state index contributed by atoms with van der Waals surface area (Å²) in [5.41, 5.74) is -0.556. The lowest BCUT2D eigenvalue weighted by Gasteiger charge is -2.40. The van der Waals surface area contributed by atoms with E-state index < -0.39 is 56.2 Å². The average Bonchev–Trinajstić information content (AvgIpc) is 3.19. The molecule has 186 valence electrons. The lowest BCUT2D eigenvalue weighted by molar-refractivity contribution is -0.121. The molecule has 14 heteroatoms. The molecule has 3 aromatic rings. The second kappa shape index (κ2) is 9.24. The van der Waals surface area contributed by atoms with Crippen LogP contribution in [-0.4, -0.2) is 37.2 Å². The van der Waals surface area contributed by atoms with Gasteiger partial charge in [0.05, 0.1) is 10.5 Å². The van der Waals surface area contributed by atoms with E-state index in [9.17, 15) is 35.2 Å². The number of aromatic nitrogens is 2. The van der Waals surface area contributed by atoms with Gasteiger partial charge in [0.25, 0.3) is 5.91 Å². The van der Waals surface area contributed by atoms with Crippen molar-refractivity contribution in [2.24, 2.45) is 0 Å². The summed E-state index contributed by atoms with van der Waals surface area (Å²) < 4.78 is 90.8. The fraction of sp³-hybridized carbons (Fsp3) is 0.286. The van der Waals surface area contributed by atoms with Crippen molar-refractivity contribution >= 4 is 32.4 Å². The third-order valence-corrected chi connectivity index (χ3v) is 8.04. The minimum atomic E-state index is -4.80. The number of rotatable bonds is 7. The summed E-state index contributed by atoms with van der Waals surface area (Å²) in [4.78, 5) is 11.9. The van der Waals surface area contributed by atoms with E-state index in [0.29, 0.717) is 35.5 Å². The van der Waals surface area contributed by atoms with Gasteiger partial charge in [-0.05, 0) is 48.7 Å². The molecule has 0 unspecified atom stereocenters. The first-order valence-electron chi connectivity index (χ1n) is 10.2. The molecular weight excluding hydrogens is 515 g/mol. The van der Waals surface area contributed by atoms with Gasteiger partial charge in [-0.3, -0.25) is 10.1 Å². The number of carbonyl (C=O) groups excluding carboxylic acids is 1. The number of amides is 1. The number of carbonyl (C=O) groups is 1. The number of benzene rings is 2. The summed E-state index contributed by atoms with van der Waals surface area (Å²) in [6, 6.07) is 8.13. The van der Waals surface area contributed by atoms with Crippen molar-refractivity contribution in [1.29, 1.82) is 0 Å². The maximum absolute atomic E-state index is 14.3. The van der Waals surface area contributed by atoms with E-state index in [1.807, 2.05) is 0 Å². The predicted molar refractivity (Wildman–Crippen MR) is 117 cm³/mol. The average molecular weight is 533 g/mol. The van der Waals surface area contributed by atoms with Gasteiger partial charge in [-0.15, -0.1) is 10.2 Å². The smallest absolute Gasteiger partial charge is 0.296 e. The summed E-state index contributed by atoms with van der Waals surface area (Å²) in [6.45, 7) is -1.82. The van der Waals surface area contributed by atoms with Gasteiger partial charge in [0.2, 0.25) is 15.2 Å². The zero-order chi connectivity index (χ0) is 25.4. The highest BCUT2D eigenvalue weighted by Gasteiger charge is 2.43. The van der Waals surface area contributed by atoms with Crippen LogP contribution in [0, 0.1) is 11.6 Å². The minimum absolute atomic E-state index is 0.00413. The number of hydrogen-bond donors (Lipinski definition) is 2. The monoisotopic (exact) mass is 532 g/mol. The van der Waals surface area contributed by atoms with Crippen molar-refractivity contribution in [3.63, 3.8) is 0 Å². The molecule has 1 heterocycles. The Bertz CT molecular complexity index is 1370. The summed E-state index contributed by atoms with van der Waals surface area (Å²) in [5, 5.41) is 10.9. The van der Waals surface area contributed by atoms with E-state index in [0.717, 1.165) is 23.8 Å². The van der Waals surface area contributed by atoms with E-state index in [4.69, 9.17) is 0 Å². The number of sulfonamides is 1. The van der Waals surface area contributed by atoms with E-state index in [1.165, 1.54) is 16.9 Å². The Kier molecular flexibility index (Phi) is 6.64. The number of hydrogen-bond acceptors (Lipinski definition) is 6. The SMILES string of the molecule is O=C(Nc1nnc(C2(c3cccc(F)c3)CCC2)s1)c1cc(S(=O)(=O)NCC(F)(F)F)ccc1F. The van der Waals surface area contributed by atoms with Crippen molar-refractivity contribution in [2.45, 2.75) is 35.7 Å². The number of alkyl halides is 3. The Morgan fingerprint density at radius 1 is 1.09 bits per heavy atom. The van der Waals surface area contributed by atoms with Crippen molar-refractivity contribution < 1.29 is 35.2 Å². The minimum Gasteiger partial charge on any atom is -0.296 e. The highest BCUT2D eigenvalue weighted by atomic mass is 32.2. The summed E-state index contributed by atoms with van der Waals surface area (Å²) in [6.07, 6.45) is -2.53. The van der Waals surface area contributed by atoms with Crippen LogP contribution in [0.2, 0.25) is 0 Å². The van der Waals surface area contributed by atoms with Gasteiger partial charge in [-0.2, -0.15) is 13.2 Å². The van der Waals surface area contributed by atoms with Gasteiger partial charge in [0.1, 0.15) is 23.2 Å². The fourth-order valence-electron chi connectivity index (χ4n) is 3.68. The molecule has 4 rings (SSSR count). The maximum atomic E-state index is 14.3. The molecule has 1 amide bonds. The van der Waals surface area contributed by atoms with Crippen molar-refractivity contribution in [3.05, 3.63) is 70.2 Å². The maximum Gasteiger partial charge on any atom is 0.402 e. The van der Waals surface area contributed by atoms with Gasteiger partial charge >= 0.3 is 6.18 Å². The van der Waals surface area contributed by atoms with Crippen LogP contribution >= 0.6 is 11.3 Å². The van der Waals surface area contributed by atoms with Crippen LogP contribution in [0.3, 0.4) is 0 Å². The molecule has 1 aromatic heterocycles. The topological polar surface area (TPSA) is 101 Å². The fourth-order valence-corrected chi connectivity index (χ4v) is 5.73. The van der Waals surface area contributed by atoms with Crippen LogP contribution in [0.1, 0.15) is 40.2 Å². The third kappa shape index (κ3) is 5.33. The molecule has 1 aliphatic carbocycles. The second-order valence-corrected chi connectivity index (χ2v) is 10.6. The van der Waals surface area contributed by atoms with Crippen LogP contribution < -0.4 is 10.0 Å². The van der Waals surface area contributed by atoms with Crippen molar-refractivity contribution in [2.75, 3.05) is 11.9 Å². The molecule has 0 saturated heterocycles. The highest BCUT2D eigenvalue weighted by Crippen LogP contribution is 2.50. The Morgan fingerprint density at radius 3 is 2.46 bits per heavy atom. The first-order valence-corrected chi connectivity index (χ1v) is 12.5. The van der Waals surface area contributed by atoms with E-state index in [2.05, 4.69) is 15.5 Å². The Labute approximate surface area is 200 Å². The van der Waals surface area contributed by atoms with E-state index >= 15 is 0 Å². The van der Waals surface area contributed by atoms with Crippen molar-refractivity contribution in [3.8, 4) is 0 Å². The molecule has 1 fully saturated rings. The van der Waals surface area contributed by atoms with Gasteiger partial charge < -0.3 is 0 Å². The molecule has 0 radical (unpaired) electrons. The predicted octanol–water partition coefficient (Wildman–Crippen LogP) is 4.38. The largest absolute Gasteiger partial charge is 0.402 e. The van der Waals surface area contributed by atoms with Crippen molar-refractivity contribution in [1.82, 2.24) is 14.9 Å². The molecule has 7 nitrogen and oxygen atoms in total. The van der Waals surface area contributed by atoms with Gasteiger partial charge in [0, 0.05) is 5.41 Å². The first-order chi connectivity index (χ1) is 16.4. The Hall–Kier alpha value is -2.97. The van der Waals surface area contributed by atoms with Crippen LogP contribution in [0.4, 0.5) is 27.1 Å². The van der Waals surface area contributed by atoms with Crippen LogP contribution in [0.25, 0.3) is 0 Å². The van der Waals surface area contributed by atoms with E-state index in [-0.39, 0.29) is 5.13 Å². The zero-order valence-electron chi connectivity index (χ0n) is 17.7. The highest BCUT2D eigenvalue weighted by molar-refractivity contribution is 7.89. The molecule has 2 aromatic carbocycles. The Balaban J connectivity index is 1.55. The molecule has 0 bridgehead atoms. The molecule has 0 spiro atoms. The van der Waals surface area contributed by atoms with Gasteiger partial charge in [-0.1, -0.05) is 29.9 Å². The van der Waals surface area contributed by atoms with E-state index in [1.54, 1.807) is 12.1 Å². The lowest BCUT2D eigenvalue weighted by Crippen LogP contribution is -2.35. The van der Waals surface area contributed by atoms with Gasteiger partial charge in [-0.25, -0.2) is 21.9 Å². The third-order valence-electron chi connectivity index (χ3n) is 5.59. The molecule has 1 saturated carbocycles. The van der Waals surface area contributed by atoms with Crippen LogP contribution in [0.15, 0.2) is 47.4 Å². The van der Waals surface area contributed by atoms with Crippen LogP contribution in [-0.2, 0) is 15.4 Å². The standard InChI is InChI=1S/C21H17F5N4O3S2/c22-13-4-1-3-12(9-13)20(7-2-8-20)18-29-30-19(34-18)28-17(31)15-10-14(5-6-16(15)23)35(32,33)27-11-21(24,25)26/h1,3-6,9-10,27H,2,7-8,11H2,(H,28,30,31). The quantitative estimate of drug-likeness (QED) is 0.440. The normalized spacial score (nSPS) is 15.5. The van der Waals surface area contributed by atoms with Gasteiger partial charge in [0.15, 0.2) is 0 Å². The molecule has 1 aliphatic rings. The molecule has 0 atom stereocenters. The Morgan fingerprint density at radius 2 is 1.83 bits per heavy atom. The number of halogens is 5. The second-order valence-electron chi connectivity index (χ2n) is 7.89. The lowest BCUT2D eigenvalue weighted by atomic mass is 9.65. The molecule has 2 N–H and O–H groups in total. The number of nitrogens with one attached hydrogen (secondary N) is 2. The number of nitrogens with zero attached hydrogens (tertiary/aromatic N) is 2.